The second-order valence-corrected chi connectivity index (χ2v) is 31.1. The molecule has 0 atom stereocenters. The minimum Gasteiger partial charge on any atom is -0.309 e. The molecule has 0 radical (unpaired) electrons. The van der Waals surface area contributed by atoms with Crippen LogP contribution in [0.25, 0.3) is 153 Å². The van der Waals surface area contributed by atoms with E-state index in [9.17, 15) is 0 Å². The summed E-state index contributed by atoms with van der Waals surface area (Å²) in [7, 11) is -3.08. The largest absolute Gasteiger partial charge is 0.309 e. The molecule has 0 aliphatic heterocycles. The first kappa shape index (κ1) is 58.9. The fourth-order valence-electron chi connectivity index (χ4n) is 15.9. The fourth-order valence-corrected chi connectivity index (χ4v) is 22.4. The van der Waals surface area contributed by atoms with Crippen LogP contribution in [0, 0.1) is 0 Å². The first-order valence-electron chi connectivity index (χ1n) is 34.4. The average molecular weight is 1310 g/mol. The van der Waals surface area contributed by atoms with Crippen LogP contribution in [0.3, 0.4) is 0 Å². The zero-order valence-electron chi connectivity index (χ0n) is 54.8. The molecule has 0 saturated heterocycles. The fraction of sp³-hybridized carbons (Fsp3) is 0. The smallest absolute Gasteiger partial charge is 0.181 e. The van der Waals surface area contributed by atoms with Gasteiger partial charge in [0.2, 0.25) is 0 Å². The van der Waals surface area contributed by atoms with E-state index in [1.54, 1.807) is 0 Å². The molecule has 0 amide bonds. The van der Waals surface area contributed by atoms with Crippen molar-refractivity contribution in [1.82, 2.24) is 9.13 Å². The van der Waals surface area contributed by atoms with Gasteiger partial charge in [0.05, 0.1) is 22.1 Å². The Labute approximate surface area is 586 Å². The number of aromatic nitrogens is 2. The molecule has 0 saturated carbocycles. The Morgan fingerprint density at radius 3 is 0.970 bits per heavy atom. The third-order valence-electron chi connectivity index (χ3n) is 20.8. The lowest BCUT2D eigenvalue weighted by Gasteiger charge is -2.35. The maximum Gasteiger partial charge on any atom is 0.181 e. The molecule has 19 rings (SSSR count). The Bertz CT molecular complexity index is 6200. The van der Waals surface area contributed by atoms with Gasteiger partial charge in [-0.2, -0.15) is 0 Å². The van der Waals surface area contributed by atoms with Gasteiger partial charge in [-0.3, -0.25) is 0 Å². The molecule has 3 aromatic heterocycles. The SMILES string of the molecule is c1ccc(-c2ccc(-c3ccc(-c4ccc(-c5ccc(-c6ccc([Si](c7ccccc7)(c7ccccc7)c7ccc(-c8ccc9c(c8)c8cc(-c%10ccc%11c(c%10)c%10ccccc%10n%11-c%10ccccc%10)ccc8n9-c8ccccc8)c8c7sc7ccccc78)cc6)cc5)cc4)cc3)cc2)cc1. The van der Waals surface area contributed by atoms with Gasteiger partial charge in [0.25, 0.3) is 0 Å². The molecule has 0 bridgehead atoms. The lowest BCUT2D eigenvalue weighted by atomic mass is 9.96. The average Bonchev–Trinajstić information content (AvgIpc) is 1.32. The maximum atomic E-state index is 2.52. The summed E-state index contributed by atoms with van der Waals surface area (Å²) in [5.74, 6) is 0. The quantitative estimate of drug-likeness (QED) is 0.0804. The Balaban J connectivity index is 0.690. The van der Waals surface area contributed by atoms with E-state index in [-0.39, 0.29) is 0 Å². The summed E-state index contributed by atoms with van der Waals surface area (Å²) in [5, 5.41) is 13.0. The van der Waals surface area contributed by atoms with E-state index in [2.05, 4.69) is 397 Å². The van der Waals surface area contributed by atoms with Crippen molar-refractivity contribution in [1.29, 1.82) is 0 Å². The van der Waals surface area contributed by atoms with Crippen LogP contribution in [0.5, 0.6) is 0 Å². The van der Waals surface area contributed by atoms with Crippen molar-refractivity contribution in [2.75, 3.05) is 0 Å². The van der Waals surface area contributed by atoms with Crippen LogP contribution in [0.2, 0.25) is 0 Å². The number of rotatable bonds is 13. The summed E-state index contributed by atoms with van der Waals surface area (Å²) in [6.45, 7) is 0. The standard InChI is InChI=1S/C96H64N2SSi/c1-6-20-65(21-7-1)66-34-36-67(37-35-66)68-38-40-69(41-39-68)70-42-44-71(45-43-70)72-46-48-73(49-47-72)74-50-55-82(56-51-74)100(80-26-12-4-13-27-80,81-28-14-5-15-29-81)94-61-57-83(95-85-31-17-19-33-93(85)99-96(94)95)77-54-60-92-88(64-77)87-63-76(53-59-91(87)98(92)79-24-10-3-11-25-79)75-52-58-90-86(62-75)84-30-16-18-32-89(84)97(90)78-22-8-2-9-23-78/h1-64H. The van der Waals surface area contributed by atoms with Crippen LogP contribution < -0.4 is 20.7 Å². The van der Waals surface area contributed by atoms with E-state index in [1.165, 1.54) is 162 Å². The van der Waals surface area contributed by atoms with Crippen molar-refractivity contribution in [3.8, 4) is 89.3 Å². The van der Waals surface area contributed by atoms with Crippen LogP contribution in [0.4, 0.5) is 0 Å². The highest BCUT2D eigenvalue weighted by molar-refractivity contribution is 7.30. The van der Waals surface area contributed by atoms with Crippen LogP contribution in [0.1, 0.15) is 0 Å². The van der Waals surface area contributed by atoms with Crippen molar-refractivity contribution < 1.29 is 0 Å². The lowest BCUT2D eigenvalue weighted by Crippen LogP contribution is -2.74. The van der Waals surface area contributed by atoms with Gasteiger partial charge in [-0.1, -0.05) is 315 Å². The third-order valence-corrected chi connectivity index (χ3v) is 27.0. The highest BCUT2D eigenvalue weighted by Gasteiger charge is 2.43. The van der Waals surface area contributed by atoms with Crippen LogP contribution >= 0.6 is 11.3 Å². The summed E-state index contributed by atoms with van der Waals surface area (Å²) >= 11 is 1.94. The van der Waals surface area contributed by atoms with E-state index in [0.29, 0.717) is 0 Å². The predicted molar refractivity (Wildman–Crippen MR) is 430 cm³/mol. The summed E-state index contributed by atoms with van der Waals surface area (Å²) in [6.07, 6.45) is 0. The number of fused-ring (bicyclic) bond motifs is 9. The number of benzene rings is 16. The molecular formula is C96H64N2SSi. The predicted octanol–water partition coefficient (Wildman–Crippen LogP) is 23.3. The molecule has 0 unspecified atom stereocenters. The minimum atomic E-state index is -3.08. The number of para-hydroxylation sites is 3. The van der Waals surface area contributed by atoms with Crippen molar-refractivity contribution >= 4 is 104 Å². The molecular weight excluding hydrogens is 1240 g/mol. The summed E-state index contributed by atoms with van der Waals surface area (Å²) in [4.78, 5) is 0. The van der Waals surface area contributed by atoms with E-state index in [4.69, 9.17) is 0 Å². The number of thiophene rings is 1. The van der Waals surface area contributed by atoms with Gasteiger partial charge in [-0.25, -0.2) is 0 Å². The highest BCUT2D eigenvalue weighted by Crippen LogP contribution is 2.44. The van der Waals surface area contributed by atoms with Gasteiger partial charge in [-0.05, 0) is 171 Å². The number of hydrogen-bond acceptors (Lipinski definition) is 1. The summed E-state index contributed by atoms with van der Waals surface area (Å²) in [6, 6.07) is 145. The van der Waals surface area contributed by atoms with Crippen LogP contribution in [-0.4, -0.2) is 17.2 Å². The van der Waals surface area contributed by atoms with Gasteiger partial charge in [-0.15, -0.1) is 11.3 Å². The molecule has 100 heavy (non-hydrogen) atoms. The van der Waals surface area contributed by atoms with Crippen molar-refractivity contribution in [2.24, 2.45) is 0 Å². The van der Waals surface area contributed by atoms with Crippen molar-refractivity contribution in [3.05, 3.63) is 388 Å². The van der Waals surface area contributed by atoms with E-state index >= 15 is 0 Å². The van der Waals surface area contributed by atoms with E-state index in [0.717, 1.165) is 11.4 Å². The molecule has 16 aromatic carbocycles. The minimum absolute atomic E-state index is 1.14. The molecule has 0 fully saturated rings. The highest BCUT2D eigenvalue weighted by atomic mass is 32.1. The molecule has 2 nitrogen and oxygen atoms in total. The lowest BCUT2D eigenvalue weighted by molar-refractivity contribution is 1.18. The second-order valence-electron chi connectivity index (χ2n) is 26.3. The maximum absolute atomic E-state index is 3.08. The molecule has 0 aliphatic carbocycles. The zero-order valence-corrected chi connectivity index (χ0v) is 56.6. The molecule has 19 aromatic rings. The van der Waals surface area contributed by atoms with Gasteiger partial charge >= 0.3 is 0 Å². The van der Waals surface area contributed by atoms with Gasteiger partial charge < -0.3 is 9.13 Å². The van der Waals surface area contributed by atoms with Crippen molar-refractivity contribution in [3.63, 3.8) is 0 Å². The second kappa shape index (κ2) is 24.6. The third kappa shape index (κ3) is 9.98. The van der Waals surface area contributed by atoms with Crippen LogP contribution in [0.15, 0.2) is 388 Å². The Morgan fingerprint density at radius 1 is 0.210 bits per heavy atom. The first-order chi connectivity index (χ1) is 49.6. The Morgan fingerprint density at radius 2 is 0.520 bits per heavy atom. The summed E-state index contributed by atoms with van der Waals surface area (Å²) in [5.41, 5.74) is 23.9. The Kier molecular flexibility index (Phi) is 14.5. The molecule has 468 valence electrons. The molecule has 0 N–H and O–H groups in total. The van der Waals surface area contributed by atoms with Gasteiger partial charge in [0.15, 0.2) is 8.07 Å². The van der Waals surface area contributed by atoms with Crippen molar-refractivity contribution in [2.45, 2.75) is 0 Å². The zero-order chi connectivity index (χ0) is 66.1. The van der Waals surface area contributed by atoms with Crippen LogP contribution in [-0.2, 0) is 0 Å². The first-order valence-corrected chi connectivity index (χ1v) is 37.3. The molecule has 0 spiro atoms. The molecule has 0 aliphatic rings. The normalized spacial score (nSPS) is 11.8. The topological polar surface area (TPSA) is 9.86 Å². The van der Waals surface area contributed by atoms with Gasteiger partial charge in [0, 0.05) is 53.1 Å². The summed E-state index contributed by atoms with van der Waals surface area (Å²) < 4.78 is 7.46. The van der Waals surface area contributed by atoms with E-state index in [1.807, 2.05) is 11.3 Å². The van der Waals surface area contributed by atoms with E-state index < -0.39 is 8.07 Å². The molecule has 3 heterocycles. The number of nitrogens with zero attached hydrogens (tertiary/aromatic N) is 2. The monoisotopic (exact) mass is 1300 g/mol. The molecule has 4 heteroatoms. The Hall–Kier alpha value is -12.4. The number of hydrogen-bond donors (Lipinski definition) is 0. The van der Waals surface area contributed by atoms with Gasteiger partial charge in [0.1, 0.15) is 0 Å².